The van der Waals surface area contributed by atoms with Crippen LogP contribution in [-0.2, 0) is 9.53 Å². The Bertz CT molecular complexity index is 498. The van der Waals surface area contributed by atoms with E-state index in [1.807, 2.05) is 12.1 Å². The van der Waals surface area contributed by atoms with Crippen molar-refractivity contribution < 1.29 is 14.3 Å². The fraction of sp³-hybridized carbons (Fsp3) is 0.562. The molecule has 3 N–H and O–H groups in total. The van der Waals surface area contributed by atoms with Crippen LogP contribution in [0.15, 0.2) is 24.3 Å². The number of carbonyl (C=O) groups excluding carboxylic acids is 1. The van der Waals surface area contributed by atoms with E-state index in [4.69, 9.17) is 26.8 Å². The summed E-state index contributed by atoms with van der Waals surface area (Å²) in [7, 11) is 1.66. The van der Waals surface area contributed by atoms with Gasteiger partial charge in [0.1, 0.15) is 12.4 Å². The molecular weight excluding hydrogens is 304 g/mol. The van der Waals surface area contributed by atoms with Crippen molar-refractivity contribution in [3.05, 3.63) is 29.3 Å². The molecule has 2 rings (SSSR count). The highest BCUT2D eigenvalue weighted by atomic mass is 35.5. The molecule has 0 aromatic heterocycles. The molecule has 22 heavy (non-hydrogen) atoms. The molecule has 0 aliphatic heterocycles. The number of para-hydroxylation sites is 1. The third kappa shape index (κ3) is 4.60. The predicted octanol–water partition coefficient (Wildman–Crippen LogP) is 1.98. The fourth-order valence-electron chi connectivity index (χ4n) is 2.75. The number of nitrogens with two attached hydrogens (primary N) is 1. The Kier molecular flexibility index (Phi) is 6.49. The number of amides is 1. The molecule has 1 saturated carbocycles. The van der Waals surface area contributed by atoms with E-state index >= 15 is 0 Å². The van der Waals surface area contributed by atoms with Gasteiger partial charge in [0.25, 0.3) is 0 Å². The van der Waals surface area contributed by atoms with Crippen molar-refractivity contribution in [3.8, 4) is 5.75 Å². The van der Waals surface area contributed by atoms with Gasteiger partial charge in [-0.3, -0.25) is 4.79 Å². The van der Waals surface area contributed by atoms with Gasteiger partial charge in [-0.1, -0.05) is 23.7 Å². The molecule has 0 bridgehead atoms. The molecule has 3 atom stereocenters. The summed E-state index contributed by atoms with van der Waals surface area (Å²) in [6.45, 7) is 0.832. The molecule has 0 saturated heterocycles. The van der Waals surface area contributed by atoms with E-state index in [-0.39, 0.29) is 24.0 Å². The third-order valence-corrected chi connectivity index (χ3v) is 4.32. The lowest BCUT2D eigenvalue weighted by Crippen LogP contribution is -2.46. The minimum atomic E-state index is -0.0751. The Hall–Kier alpha value is -1.30. The van der Waals surface area contributed by atoms with Gasteiger partial charge in [-0.05, 0) is 31.4 Å². The molecule has 1 amide bonds. The Morgan fingerprint density at radius 2 is 2.18 bits per heavy atom. The van der Waals surface area contributed by atoms with E-state index in [0.717, 1.165) is 12.8 Å². The lowest BCUT2D eigenvalue weighted by molar-refractivity contribution is -0.127. The van der Waals surface area contributed by atoms with Crippen molar-refractivity contribution >= 4 is 17.5 Å². The zero-order valence-electron chi connectivity index (χ0n) is 12.8. The van der Waals surface area contributed by atoms with Crippen LogP contribution in [0.3, 0.4) is 0 Å². The molecule has 0 unspecified atom stereocenters. The van der Waals surface area contributed by atoms with Crippen molar-refractivity contribution in [1.29, 1.82) is 0 Å². The Morgan fingerprint density at radius 3 is 2.86 bits per heavy atom. The van der Waals surface area contributed by atoms with Crippen LogP contribution in [0.4, 0.5) is 0 Å². The molecule has 122 valence electrons. The zero-order chi connectivity index (χ0) is 15.9. The van der Waals surface area contributed by atoms with Crippen LogP contribution in [0.2, 0.25) is 5.02 Å². The number of benzene rings is 1. The van der Waals surface area contributed by atoms with Gasteiger partial charge in [0.05, 0.1) is 17.7 Å². The normalized spacial score (nSPS) is 24.8. The molecular formula is C16H23ClN2O3. The number of ether oxygens (including phenoxy) is 2. The molecule has 0 radical (unpaired) electrons. The van der Waals surface area contributed by atoms with Gasteiger partial charge in [-0.15, -0.1) is 0 Å². The standard InChI is InChI=1S/C16H23ClN2O3/c1-21-15-7-6-11(10-13(15)18)16(20)19-8-9-22-14-5-3-2-4-12(14)17/h2-5,11,13,15H,6-10,18H2,1H3,(H,19,20)/t11-,13+,15+/m0/s1. The van der Waals surface area contributed by atoms with Gasteiger partial charge in [-0.2, -0.15) is 0 Å². The number of nitrogens with one attached hydrogen (secondary N) is 1. The Balaban J connectivity index is 1.69. The molecule has 1 fully saturated rings. The van der Waals surface area contributed by atoms with Crippen LogP contribution in [0.1, 0.15) is 19.3 Å². The molecule has 5 nitrogen and oxygen atoms in total. The van der Waals surface area contributed by atoms with E-state index in [1.165, 1.54) is 0 Å². The van der Waals surface area contributed by atoms with Crippen molar-refractivity contribution in [2.75, 3.05) is 20.3 Å². The third-order valence-electron chi connectivity index (χ3n) is 4.00. The second-order valence-corrected chi connectivity index (χ2v) is 5.93. The summed E-state index contributed by atoms with van der Waals surface area (Å²) in [6, 6.07) is 7.20. The monoisotopic (exact) mass is 326 g/mol. The highest BCUT2D eigenvalue weighted by molar-refractivity contribution is 6.32. The van der Waals surface area contributed by atoms with Crippen molar-refractivity contribution in [3.63, 3.8) is 0 Å². The number of methoxy groups -OCH3 is 1. The highest BCUT2D eigenvalue weighted by Crippen LogP contribution is 2.25. The van der Waals surface area contributed by atoms with Crippen LogP contribution >= 0.6 is 11.6 Å². The number of hydrogen-bond donors (Lipinski definition) is 2. The van der Waals surface area contributed by atoms with Crippen molar-refractivity contribution in [1.82, 2.24) is 5.32 Å². The maximum absolute atomic E-state index is 12.1. The van der Waals surface area contributed by atoms with E-state index < -0.39 is 0 Å². The molecule has 1 aliphatic rings. The average Bonchev–Trinajstić information content (AvgIpc) is 2.52. The second kappa shape index (κ2) is 8.36. The molecule has 1 aromatic carbocycles. The topological polar surface area (TPSA) is 73.6 Å². The molecule has 6 heteroatoms. The largest absolute Gasteiger partial charge is 0.490 e. The quantitative estimate of drug-likeness (QED) is 0.784. The number of hydrogen-bond acceptors (Lipinski definition) is 4. The summed E-state index contributed by atoms with van der Waals surface area (Å²) in [5.74, 6) is 0.621. The van der Waals surface area contributed by atoms with Crippen LogP contribution < -0.4 is 15.8 Å². The van der Waals surface area contributed by atoms with Gasteiger partial charge >= 0.3 is 0 Å². The SMILES string of the molecule is CO[C@@H]1CC[C@H](C(=O)NCCOc2ccccc2Cl)C[C@H]1N. The van der Waals surface area contributed by atoms with Crippen molar-refractivity contribution in [2.24, 2.45) is 11.7 Å². The van der Waals surface area contributed by atoms with Gasteiger partial charge < -0.3 is 20.5 Å². The van der Waals surface area contributed by atoms with Crippen LogP contribution in [-0.4, -0.2) is 38.3 Å². The Labute approximate surface area is 136 Å². The van der Waals surface area contributed by atoms with Crippen LogP contribution in [0.25, 0.3) is 0 Å². The first-order valence-electron chi connectivity index (χ1n) is 7.55. The first-order chi connectivity index (χ1) is 10.6. The fourth-order valence-corrected chi connectivity index (χ4v) is 2.94. The second-order valence-electron chi connectivity index (χ2n) is 5.52. The average molecular weight is 327 g/mol. The first-order valence-corrected chi connectivity index (χ1v) is 7.93. The van der Waals surface area contributed by atoms with Gasteiger partial charge in [0.2, 0.25) is 5.91 Å². The molecule has 0 heterocycles. The van der Waals surface area contributed by atoms with E-state index in [9.17, 15) is 4.79 Å². The highest BCUT2D eigenvalue weighted by Gasteiger charge is 2.31. The lowest BCUT2D eigenvalue weighted by Gasteiger charge is -2.32. The van der Waals surface area contributed by atoms with E-state index in [2.05, 4.69) is 5.32 Å². The summed E-state index contributed by atoms with van der Waals surface area (Å²) in [4.78, 5) is 12.1. The van der Waals surface area contributed by atoms with Crippen molar-refractivity contribution in [2.45, 2.75) is 31.4 Å². The predicted molar refractivity (Wildman–Crippen MR) is 86.1 cm³/mol. The summed E-state index contributed by atoms with van der Waals surface area (Å²) in [5.41, 5.74) is 6.02. The zero-order valence-corrected chi connectivity index (χ0v) is 13.5. The number of halogens is 1. The Morgan fingerprint density at radius 1 is 1.41 bits per heavy atom. The van der Waals surface area contributed by atoms with E-state index in [1.54, 1.807) is 19.2 Å². The summed E-state index contributed by atoms with van der Waals surface area (Å²) >= 11 is 5.99. The van der Waals surface area contributed by atoms with E-state index in [0.29, 0.717) is 30.3 Å². The van der Waals surface area contributed by atoms with Crippen LogP contribution in [0, 0.1) is 5.92 Å². The minimum Gasteiger partial charge on any atom is -0.490 e. The maximum atomic E-state index is 12.1. The smallest absolute Gasteiger partial charge is 0.223 e. The summed E-state index contributed by atoms with van der Waals surface area (Å²) in [6.07, 6.45) is 2.36. The summed E-state index contributed by atoms with van der Waals surface area (Å²) in [5, 5.41) is 3.46. The first kappa shape index (κ1) is 17.1. The van der Waals surface area contributed by atoms with Crippen LogP contribution in [0.5, 0.6) is 5.75 Å². The molecule has 0 spiro atoms. The number of carbonyl (C=O) groups is 1. The van der Waals surface area contributed by atoms with Gasteiger partial charge in [0, 0.05) is 19.1 Å². The lowest BCUT2D eigenvalue weighted by atomic mass is 9.83. The molecule has 1 aliphatic carbocycles. The minimum absolute atomic E-state index is 0.0350. The number of rotatable bonds is 6. The summed E-state index contributed by atoms with van der Waals surface area (Å²) < 4.78 is 10.8. The maximum Gasteiger partial charge on any atom is 0.223 e. The van der Waals surface area contributed by atoms with Gasteiger partial charge in [0.15, 0.2) is 0 Å². The van der Waals surface area contributed by atoms with Gasteiger partial charge in [-0.25, -0.2) is 0 Å². The molecule has 1 aromatic rings.